The smallest absolute Gasteiger partial charge is 0.363 e. The summed E-state index contributed by atoms with van der Waals surface area (Å²) < 4.78 is 16.6. The van der Waals surface area contributed by atoms with E-state index in [2.05, 4.69) is 20.9 Å². The second-order valence-electron chi connectivity index (χ2n) is 7.35. The minimum Gasteiger partial charge on any atom is -0.497 e. The summed E-state index contributed by atoms with van der Waals surface area (Å²) in [6.45, 7) is 0. The van der Waals surface area contributed by atoms with Crippen molar-refractivity contribution in [3.8, 4) is 11.5 Å². The monoisotopic (exact) mass is 548 g/mol. The van der Waals surface area contributed by atoms with Gasteiger partial charge in [-0.25, -0.2) is 14.6 Å². The first-order chi connectivity index (χ1) is 17.3. The molecule has 1 aliphatic rings. The van der Waals surface area contributed by atoms with Crippen molar-refractivity contribution in [1.29, 1.82) is 0 Å². The number of methoxy groups -OCH3 is 1. The Morgan fingerprint density at radius 1 is 1.08 bits per heavy atom. The van der Waals surface area contributed by atoms with E-state index in [-0.39, 0.29) is 23.0 Å². The molecular weight excluding hydrogens is 532 g/mol. The third kappa shape index (κ3) is 5.91. The maximum absolute atomic E-state index is 12.4. The molecule has 0 aromatic heterocycles. The van der Waals surface area contributed by atoms with Crippen LogP contribution >= 0.6 is 15.9 Å². The topological polar surface area (TPSA) is 117 Å². The molecular formula is C26H17BrN2O7. The Labute approximate surface area is 213 Å². The fourth-order valence-corrected chi connectivity index (χ4v) is 3.53. The Morgan fingerprint density at radius 3 is 2.47 bits per heavy atom. The van der Waals surface area contributed by atoms with Crippen molar-refractivity contribution in [2.45, 2.75) is 0 Å². The number of hydrogen-bond donors (Lipinski definition) is 0. The highest BCUT2D eigenvalue weighted by molar-refractivity contribution is 9.10. The normalized spacial score (nSPS) is 14.0. The van der Waals surface area contributed by atoms with Crippen LogP contribution in [0.5, 0.6) is 11.5 Å². The summed E-state index contributed by atoms with van der Waals surface area (Å²) in [6, 6.07) is 17.5. The van der Waals surface area contributed by atoms with Gasteiger partial charge in [-0.05, 0) is 72.3 Å². The molecule has 0 unspecified atom stereocenters. The number of nitrogens with zero attached hydrogens (tertiary/aromatic N) is 2. The fourth-order valence-electron chi connectivity index (χ4n) is 3.15. The van der Waals surface area contributed by atoms with Crippen LogP contribution < -0.4 is 9.47 Å². The predicted molar refractivity (Wildman–Crippen MR) is 136 cm³/mol. The number of benzene rings is 3. The zero-order chi connectivity index (χ0) is 25.7. The van der Waals surface area contributed by atoms with Crippen molar-refractivity contribution in [2.75, 3.05) is 7.11 Å². The van der Waals surface area contributed by atoms with E-state index in [1.807, 2.05) is 0 Å². The molecule has 4 rings (SSSR count). The minimum absolute atomic E-state index is 0.0395. The zero-order valence-corrected chi connectivity index (χ0v) is 20.3. The molecule has 3 aromatic carbocycles. The van der Waals surface area contributed by atoms with Crippen LogP contribution in [0.25, 0.3) is 12.2 Å². The number of halogens is 1. The molecule has 0 N–H and O–H groups in total. The first kappa shape index (κ1) is 24.6. The van der Waals surface area contributed by atoms with Crippen molar-refractivity contribution in [2.24, 2.45) is 4.99 Å². The van der Waals surface area contributed by atoms with E-state index in [0.29, 0.717) is 26.9 Å². The zero-order valence-electron chi connectivity index (χ0n) is 18.7. The molecule has 0 saturated heterocycles. The van der Waals surface area contributed by atoms with Crippen molar-refractivity contribution >= 4 is 51.6 Å². The molecule has 36 heavy (non-hydrogen) atoms. The molecule has 0 fully saturated rings. The van der Waals surface area contributed by atoms with Crippen LogP contribution in [-0.4, -0.2) is 29.9 Å². The molecule has 3 aromatic rings. The van der Waals surface area contributed by atoms with Gasteiger partial charge in [-0.15, -0.1) is 0 Å². The number of aliphatic imine (C=N–C) groups is 1. The van der Waals surface area contributed by atoms with E-state index in [9.17, 15) is 19.7 Å². The van der Waals surface area contributed by atoms with Gasteiger partial charge in [-0.2, -0.15) is 0 Å². The van der Waals surface area contributed by atoms with Crippen LogP contribution in [0.3, 0.4) is 0 Å². The number of carbonyl (C=O) groups excluding carboxylic acids is 2. The molecule has 9 nitrogen and oxygen atoms in total. The summed E-state index contributed by atoms with van der Waals surface area (Å²) in [5.41, 5.74) is 1.60. The molecule has 1 heterocycles. The molecule has 0 radical (unpaired) electrons. The summed E-state index contributed by atoms with van der Waals surface area (Å²) >= 11 is 3.37. The van der Waals surface area contributed by atoms with Crippen LogP contribution in [0, 0.1) is 10.1 Å². The molecule has 0 saturated carbocycles. The van der Waals surface area contributed by atoms with Gasteiger partial charge in [0.1, 0.15) is 11.5 Å². The number of cyclic esters (lactones) is 1. The van der Waals surface area contributed by atoms with Gasteiger partial charge in [0, 0.05) is 33.8 Å². The third-order valence-corrected chi connectivity index (χ3v) is 5.44. The maximum atomic E-state index is 12.4. The van der Waals surface area contributed by atoms with E-state index in [4.69, 9.17) is 14.2 Å². The second kappa shape index (κ2) is 10.8. The van der Waals surface area contributed by atoms with Gasteiger partial charge in [-0.3, -0.25) is 10.1 Å². The van der Waals surface area contributed by atoms with Gasteiger partial charge in [0.25, 0.3) is 5.69 Å². The maximum Gasteiger partial charge on any atom is 0.363 e. The highest BCUT2D eigenvalue weighted by Crippen LogP contribution is 2.28. The van der Waals surface area contributed by atoms with E-state index >= 15 is 0 Å². The van der Waals surface area contributed by atoms with Gasteiger partial charge < -0.3 is 14.2 Å². The van der Waals surface area contributed by atoms with E-state index < -0.39 is 16.9 Å². The molecule has 0 amide bonds. The molecule has 0 atom stereocenters. The number of non-ortho nitro benzene ring substituents is 1. The number of hydrogen-bond acceptors (Lipinski definition) is 8. The van der Waals surface area contributed by atoms with Crippen molar-refractivity contribution in [3.63, 3.8) is 0 Å². The number of nitro groups is 1. The Balaban J connectivity index is 1.54. The lowest BCUT2D eigenvalue weighted by molar-refractivity contribution is -0.384. The van der Waals surface area contributed by atoms with Gasteiger partial charge in [0.2, 0.25) is 5.90 Å². The van der Waals surface area contributed by atoms with Crippen LogP contribution in [-0.2, 0) is 14.3 Å². The predicted octanol–water partition coefficient (Wildman–Crippen LogP) is 5.33. The molecule has 1 aliphatic heterocycles. The SMILES string of the molecule is COc1ccc(C2=N/C(=C\c3cc(Br)ccc3OC(=O)/C=C/c3ccc([N+](=O)[O-])cc3)C(=O)O2)cc1. The second-order valence-corrected chi connectivity index (χ2v) is 8.27. The summed E-state index contributed by atoms with van der Waals surface area (Å²) in [7, 11) is 1.55. The standard InChI is InChI=1S/C26H17BrN2O7/c1-34-21-10-5-17(6-11-21)25-28-22(26(31)36-25)15-18-14-19(27)7-12-23(18)35-24(30)13-4-16-2-8-20(9-3-16)29(32)33/h2-15H,1H3/b13-4+,22-15-. The van der Waals surface area contributed by atoms with E-state index in [1.165, 1.54) is 42.5 Å². The first-order valence-corrected chi connectivity index (χ1v) is 11.2. The summed E-state index contributed by atoms with van der Waals surface area (Å²) in [5, 5.41) is 10.8. The highest BCUT2D eigenvalue weighted by atomic mass is 79.9. The van der Waals surface area contributed by atoms with Crippen LogP contribution in [0.4, 0.5) is 5.69 Å². The minimum atomic E-state index is -0.674. The lowest BCUT2D eigenvalue weighted by Gasteiger charge is -2.06. The van der Waals surface area contributed by atoms with Crippen LogP contribution in [0.15, 0.2) is 88.0 Å². The van der Waals surface area contributed by atoms with Crippen LogP contribution in [0.2, 0.25) is 0 Å². The number of rotatable bonds is 7. The molecule has 0 bridgehead atoms. The average molecular weight is 549 g/mol. The van der Waals surface area contributed by atoms with Crippen molar-refractivity contribution in [3.05, 3.63) is 110 Å². The van der Waals surface area contributed by atoms with Gasteiger partial charge in [-0.1, -0.05) is 15.9 Å². The van der Waals surface area contributed by atoms with Gasteiger partial charge in [0.05, 0.1) is 12.0 Å². The fraction of sp³-hybridized carbons (Fsp3) is 0.0385. The molecule has 10 heteroatoms. The Kier molecular flexibility index (Phi) is 7.36. The number of nitro benzene ring substituents is 1. The van der Waals surface area contributed by atoms with Gasteiger partial charge in [0.15, 0.2) is 5.70 Å². The van der Waals surface area contributed by atoms with E-state index in [1.54, 1.807) is 49.6 Å². The summed E-state index contributed by atoms with van der Waals surface area (Å²) in [6.07, 6.45) is 4.14. The number of esters is 2. The highest BCUT2D eigenvalue weighted by Gasteiger charge is 2.25. The molecule has 0 spiro atoms. The average Bonchev–Trinajstić information content (AvgIpc) is 3.24. The molecule has 180 valence electrons. The summed E-state index contributed by atoms with van der Waals surface area (Å²) in [5.74, 6) is -0.316. The Bertz CT molecular complexity index is 1430. The third-order valence-electron chi connectivity index (χ3n) is 4.95. The first-order valence-electron chi connectivity index (χ1n) is 10.4. The Morgan fingerprint density at radius 2 is 1.81 bits per heavy atom. The lowest BCUT2D eigenvalue weighted by atomic mass is 10.1. The molecule has 0 aliphatic carbocycles. The largest absolute Gasteiger partial charge is 0.497 e. The Hall–Kier alpha value is -4.57. The van der Waals surface area contributed by atoms with Crippen molar-refractivity contribution in [1.82, 2.24) is 0 Å². The van der Waals surface area contributed by atoms with Gasteiger partial charge >= 0.3 is 11.9 Å². The lowest BCUT2D eigenvalue weighted by Crippen LogP contribution is -2.06. The number of ether oxygens (including phenoxy) is 3. The number of carbonyl (C=O) groups is 2. The van der Waals surface area contributed by atoms with Crippen LogP contribution in [0.1, 0.15) is 16.7 Å². The quantitative estimate of drug-likeness (QED) is 0.129. The van der Waals surface area contributed by atoms with E-state index in [0.717, 1.165) is 0 Å². The summed E-state index contributed by atoms with van der Waals surface area (Å²) in [4.78, 5) is 39.4. The van der Waals surface area contributed by atoms with Crippen molar-refractivity contribution < 1.29 is 28.7 Å².